The molecule has 3 rings (SSSR count). The van der Waals surface area contributed by atoms with E-state index >= 15 is 0 Å². The van der Waals surface area contributed by atoms with Gasteiger partial charge in [-0.15, -0.1) is 0 Å². The maximum absolute atomic E-state index is 13.4. The Morgan fingerprint density at radius 1 is 1.14 bits per heavy atom. The number of anilines is 2. The van der Waals surface area contributed by atoms with Crippen molar-refractivity contribution in [1.82, 2.24) is 4.98 Å². The predicted molar refractivity (Wildman–Crippen MR) is 99.4 cm³/mol. The number of benzene rings is 2. The Bertz CT molecular complexity index is 1080. The second-order valence-electron chi connectivity index (χ2n) is 5.97. The van der Waals surface area contributed by atoms with Gasteiger partial charge in [0.15, 0.2) is 0 Å². The van der Waals surface area contributed by atoms with Crippen molar-refractivity contribution in [2.45, 2.75) is 13.1 Å². The summed E-state index contributed by atoms with van der Waals surface area (Å²) >= 11 is 0. The quantitative estimate of drug-likeness (QED) is 0.590. The molecule has 3 aromatic rings. The van der Waals surface area contributed by atoms with Gasteiger partial charge < -0.3 is 15.2 Å². The Balaban J connectivity index is 2.18. The summed E-state index contributed by atoms with van der Waals surface area (Å²) in [5.41, 5.74) is -0.790. The largest absolute Gasteiger partial charge is 0.478 e. The van der Waals surface area contributed by atoms with Gasteiger partial charge in [0.25, 0.3) is 0 Å². The maximum atomic E-state index is 13.4. The molecule has 0 unspecified atom stereocenters. The van der Waals surface area contributed by atoms with Gasteiger partial charge in [0.05, 0.1) is 28.9 Å². The summed E-state index contributed by atoms with van der Waals surface area (Å²) in [4.78, 5) is 27.2. The molecular weight excluding hydrogens is 389 g/mol. The molecule has 2 aromatic carbocycles. The van der Waals surface area contributed by atoms with Gasteiger partial charge in [0.1, 0.15) is 5.56 Å². The Hall–Kier alpha value is -3.62. The molecule has 0 fully saturated rings. The molecule has 0 amide bonds. The third-order valence-electron chi connectivity index (χ3n) is 4.10. The number of rotatable bonds is 5. The van der Waals surface area contributed by atoms with Crippen LogP contribution in [0.4, 0.5) is 24.5 Å². The fourth-order valence-electron chi connectivity index (χ4n) is 2.79. The minimum Gasteiger partial charge on any atom is -0.478 e. The molecule has 0 radical (unpaired) electrons. The Morgan fingerprint density at radius 3 is 2.41 bits per heavy atom. The van der Waals surface area contributed by atoms with E-state index < -0.39 is 23.7 Å². The van der Waals surface area contributed by atoms with E-state index in [-0.39, 0.29) is 34.3 Å². The molecule has 150 valence electrons. The standard InChI is InChI=1S/C20H15F3N2O4/c1-2-29-19(28)14-10-24-17-13(4-3-5-15(17)20(21,22)23)16(14)25-12-8-6-11(7-9-12)18(26)27/h3-10H,2H2,1H3,(H,24,25)(H,26,27). The molecule has 2 N–H and O–H groups in total. The molecule has 0 atom stereocenters. The zero-order valence-electron chi connectivity index (χ0n) is 15.1. The number of halogens is 3. The van der Waals surface area contributed by atoms with Crippen LogP contribution in [-0.4, -0.2) is 28.6 Å². The van der Waals surface area contributed by atoms with Crippen molar-refractivity contribution in [2.24, 2.45) is 0 Å². The Labute approximate surface area is 162 Å². The smallest absolute Gasteiger partial charge is 0.418 e. The molecular formula is C20H15F3N2O4. The first-order chi connectivity index (χ1) is 13.7. The molecule has 0 spiro atoms. The number of para-hydroxylation sites is 1. The molecule has 0 saturated carbocycles. The number of ether oxygens (including phenoxy) is 1. The molecule has 0 bridgehead atoms. The molecule has 1 heterocycles. The monoisotopic (exact) mass is 404 g/mol. The summed E-state index contributed by atoms with van der Waals surface area (Å²) in [5.74, 6) is -1.86. The lowest BCUT2D eigenvalue weighted by atomic mass is 10.0. The summed E-state index contributed by atoms with van der Waals surface area (Å²) in [6.07, 6.45) is -3.60. The van der Waals surface area contributed by atoms with Crippen molar-refractivity contribution in [2.75, 3.05) is 11.9 Å². The van der Waals surface area contributed by atoms with Gasteiger partial charge in [-0.1, -0.05) is 12.1 Å². The van der Waals surface area contributed by atoms with E-state index in [4.69, 9.17) is 9.84 Å². The molecule has 0 aliphatic carbocycles. The van der Waals surface area contributed by atoms with E-state index in [1.807, 2.05) is 0 Å². The highest BCUT2D eigenvalue weighted by atomic mass is 19.4. The third-order valence-corrected chi connectivity index (χ3v) is 4.10. The van der Waals surface area contributed by atoms with Gasteiger partial charge in [-0.3, -0.25) is 4.98 Å². The normalized spacial score (nSPS) is 11.3. The van der Waals surface area contributed by atoms with Crippen LogP contribution in [0.25, 0.3) is 10.9 Å². The van der Waals surface area contributed by atoms with Crippen LogP contribution in [0.3, 0.4) is 0 Å². The number of carbonyl (C=O) groups is 2. The van der Waals surface area contributed by atoms with Crippen LogP contribution < -0.4 is 5.32 Å². The van der Waals surface area contributed by atoms with Crippen LogP contribution >= 0.6 is 0 Å². The van der Waals surface area contributed by atoms with E-state index in [0.29, 0.717) is 5.69 Å². The minimum atomic E-state index is -4.63. The van der Waals surface area contributed by atoms with Gasteiger partial charge in [-0.05, 0) is 37.3 Å². The molecule has 0 aliphatic rings. The first-order valence-corrected chi connectivity index (χ1v) is 8.48. The summed E-state index contributed by atoms with van der Waals surface area (Å²) in [6.45, 7) is 1.68. The summed E-state index contributed by atoms with van der Waals surface area (Å²) in [7, 11) is 0. The number of nitrogens with one attached hydrogen (secondary N) is 1. The van der Waals surface area contributed by atoms with Crippen molar-refractivity contribution < 1.29 is 32.6 Å². The van der Waals surface area contributed by atoms with Crippen molar-refractivity contribution >= 4 is 34.2 Å². The Kier molecular flexibility index (Phi) is 5.40. The summed E-state index contributed by atoms with van der Waals surface area (Å²) in [5, 5.41) is 12.0. The average Bonchev–Trinajstić information content (AvgIpc) is 2.67. The second kappa shape index (κ2) is 7.78. The fourth-order valence-corrected chi connectivity index (χ4v) is 2.79. The number of hydrogen-bond donors (Lipinski definition) is 2. The lowest BCUT2D eigenvalue weighted by Crippen LogP contribution is -2.11. The van der Waals surface area contributed by atoms with Crippen LogP contribution in [-0.2, 0) is 10.9 Å². The van der Waals surface area contributed by atoms with Crippen LogP contribution in [0.2, 0.25) is 0 Å². The van der Waals surface area contributed by atoms with Crippen molar-refractivity contribution in [3.05, 3.63) is 65.4 Å². The molecule has 6 nitrogen and oxygen atoms in total. The summed E-state index contributed by atoms with van der Waals surface area (Å²) in [6, 6.07) is 9.09. The highest BCUT2D eigenvalue weighted by Gasteiger charge is 2.34. The van der Waals surface area contributed by atoms with Gasteiger partial charge in [-0.2, -0.15) is 13.2 Å². The molecule has 29 heavy (non-hydrogen) atoms. The number of carbonyl (C=O) groups excluding carboxylic acids is 1. The molecule has 0 saturated heterocycles. The third kappa shape index (κ3) is 4.13. The fraction of sp³-hybridized carbons (Fsp3) is 0.150. The number of esters is 1. The predicted octanol–water partition coefficient (Wildman–Crippen LogP) is 4.87. The van der Waals surface area contributed by atoms with E-state index in [2.05, 4.69) is 10.3 Å². The lowest BCUT2D eigenvalue weighted by Gasteiger charge is -2.16. The van der Waals surface area contributed by atoms with Gasteiger partial charge in [-0.25, -0.2) is 9.59 Å². The van der Waals surface area contributed by atoms with Crippen molar-refractivity contribution in [3.8, 4) is 0 Å². The van der Waals surface area contributed by atoms with Gasteiger partial charge in [0, 0.05) is 17.3 Å². The molecule has 1 aromatic heterocycles. The number of nitrogens with zero attached hydrogens (tertiary/aromatic N) is 1. The molecule has 9 heteroatoms. The summed E-state index contributed by atoms with van der Waals surface area (Å²) < 4.78 is 45.1. The minimum absolute atomic E-state index is 0.0408. The van der Waals surface area contributed by atoms with Crippen LogP contribution in [0.1, 0.15) is 33.2 Å². The van der Waals surface area contributed by atoms with E-state index in [9.17, 15) is 22.8 Å². The van der Waals surface area contributed by atoms with Gasteiger partial charge >= 0.3 is 18.1 Å². The first-order valence-electron chi connectivity index (χ1n) is 8.48. The number of fused-ring (bicyclic) bond motifs is 1. The topological polar surface area (TPSA) is 88.5 Å². The number of hydrogen-bond acceptors (Lipinski definition) is 5. The average molecular weight is 404 g/mol. The number of aromatic nitrogens is 1. The SMILES string of the molecule is CCOC(=O)c1cnc2c(C(F)(F)F)cccc2c1Nc1ccc(C(=O)O)cc1. The molecule has 0 aliphatic heterocycles. The van der Waals surface area contributed by atoms with E-state index in [1.54, 1.807) is 6.92 Å². The zero-order chi connectivity index (χ0) is 21.2. The maximum Gasteiger partial charge on any atom is 0.418 e. The van der Waals surface area contributed by atoms with E-state index in [1.165, 1.54) is 36.4 Å². The van der Waals surface area contributed by atoms with Crippen LogP contribution in [0, 0.1) is 0 Å². The van der Waals surface area contributed by atoms with Gasteiger partial charge in [0.2, 0.25) is 0 Å². The number of aromatic carboxylic acids is 1. The van der Waals surface area contributed by atoms with Crippen molar-refractivity contribution in [3.63, 3.8) is 0 Å². The van der Waals surface area contributed by atoms with E-state index in [0.717, 1.165) is 12.3 Å². The highest BCUT2D eigenvalue weighted by molar-refractivity contribution is 6.06. The first kappa shape index (κ1) is 20.1. The van der Waals surface area contributed by atoms with Crippen LogP contribution in [0.5, 0.6) is 0 Å². The van der Waals surface area contributed by atoms with Crippen LogP contribution in [0.15, 0.2) is 48.7 Å². The highest BCUT2D eigenvalue weighted by Crippen LogP contribution is 2.37. The van der Waals surface area contributed by atoms with Crippen molar-refractivity contribution in [1.29, 1.82) is 0 Å². The number of carboxylic acids is 1. The number of carboxylic acid groups (broad SMARTS) is 1. The number of pyridine rings is 1. The zero-order valence-corrected chi connectivity index (χ0v) is 15.1. The number of alkyl halides is 3. The second-order valence-corrected chi connectivity index (χ2v) is 5.97. The Morgan fingerprint density at radius 2 is 1.83 bits per heavy atom. The lowest BCUT2D eigenvalue weighted by molar-refractivity contribution is -0.136.